The Labute approximate surface area is 107 Å². The molecule has 0 radical (unpaired) electrons. The Kier molecular flexibility index (Phi) is 5.79. The molecule has 0 aromatic heterocycles. The maximum atomic E-state index is 2.77. The lowest BCUT2D eigenvalue weighted by Crippen LogP contribution is -2.42. The number of unbranched alkanes of at least 4 members (excludes halogenated alkanes) is 2. The Bertz CT molecular complexity index is 199. The molecule has 1 atom stereocenters. The summed E-state index contributed by atoms with van der Waals surface area (Å²) in [6, 6.07) is 0.880. The summed E-state index contributed by atoms with van der Waals surface area (Å²) in [5.74, 6) is 0. The Morgan fingerprint density at radius 1 is 0.941 bits per heavy atom. The molecular weight excluding hydrogens is 208 g/mol. The molecule has 0 spiro atoms. The molecule has 0 amide bonds. The monoisotopic (exact) mass is 238 g/mol. The fourth-order valence-corrected chi connectivity index (χ4v) is 3.40. The number of hydrogen-bond acceptors (Lipinski definition) is 2. The summed E-state index contributed by atoms with van der Waals surface area (Å²) in [5, 5.41) is 0. The number of rotatable bonds is 6. The molecule has 2 aliphatic heterocycles. The molecule has 2 aliphatic rings. The normalized spacial score (nSPS) is 27.7. The first-order valence-corrected chi connectivity index (χ1v) is 7.86. The van der Waals surface area contributed by atoms with Gasteiger partial charge in [0, 0.05) is 12.6 Å². The van der Waals surface area contributed by atoms with Gasteiger partial charge in [0.15, 0.2) is 0 Å². The van der Waals surface area contributed by atoms with Crippen molar-refractivity contribution in [2.24, 2.45) is 0 Å². The van der Waals surface area contributed by atoms with Crippen LogP contribution in [-0.2, 0) is 0 Å². The van der Waals surface area contributed by atoms with E-state index in [0.29, 0.717) is 0 Å². The second-order valence-electron chi connectivity index (χ2n) is 5.90. The van der Waals surface area contributed by atoms with Gasteiger partial charge in [0.05, 0.1) is 0 Å². The average Bonchev–Trinajstić information content (AvgIpc) is 2.79. The van der Waals surface area contributed by atoms with Gasteiger partial charge < -0.3 is 4.90 Å². The van der Waals surface area contributed by atoms with Crippen molar-refractivity contribution < 1.29 is 0 Å². The van der Waals surface area contributed by atoms with Gasteiger partial charge in [0.2, 0.25) is 0 Å². The van der Waals surface area contributed by atoms with Crippen LogP contribution in [0.25, 0.3) is 0 Å². The van der Waals surface area contributed by atoms with Crippen LogP contribution in [0.2, 0.25) is 0 Å². The summed E-state index contributed by atoms with van der Waals surface area (Å²) in [5.41, 5.74) is 0. The molecular formula is C15H30N2. The first-order valence-electron chi connectivity index (χ1n) is 7.86. The van der Waals surface area contributed by atoms with E-state index in [9.17, 15) is 0 Å². The summed E-state index contributed by atoms with van der Waals surface area (Å²) in [6.07, 6.45) is 11.4. The molecule has 0 saturated carbocycles. The average molecular weight is 238 g/mol. The van der Waals surface area contributed by atoms with E-state index < -0.39 is 0 Å². The van der Waals surface area contributed by atoms with Gasteiger partial charge >= 0.3 is 0 Å². The molecule has 17 heavy (non-hydrogen) atoms. The van der Waals surface area contributed by atoms with Gasteiger partial charge in [-0.05, 0) is 58.3 Å². The highest BCUT2D eigenvalue weighted by atomic mass is 15.2. The molecule has 0 aromatic carbocycles. The Balaban J connectivity index is 1.70. The lowest BCUT2D eigenvalue weighted by atomic mass is 10.1. The molecule has 2 rings (SSSR count). The van der Waals surface area contributed by atoms with Gasteiger partial charge in [-0.1, -0.05) is 26.2 Å². The fraction of sp³-hybridized carbons (Fsp3) is 1.00. The van der Waals surface area contributed by atoms with E-state index in [1.807, 2.05) is 0 Å². The zero-order valence-corrected chi connectivity index (χ0v) is 11.7. The quantitative estimate of drug-likeness (QED) is 0.656. The highest BCUT2D eigenvalue weighted by molar-refractivity contribution is 4.82. The summed E-state index contributed by atoms with van der Waals surface area (Å²) in [4.78, 5) is 5.48. The van der Waals surface area contributed by atoms with Gasteiger partial charge in [-0.3, -0.25) is 4.90 Å². The smallest absolute Gasteiger partial charge is 0.0223 e. The van der Waals surface area contributed by atoms with Crippen LogP contribution in [0.4, 0.5) is 0 Å². The van der Waals surface area contributed by atoms with Crippen LogP contribution in [0.3, 0.4) is 0 Å². The lowest BCUT2D eigenvalue weighted by Gasteiger charge is -2.33. The first-order chi connectivity index (χ1) is 8.40. The van der Waals surface area contributed by atoms with E-state index in [2.05, 4.69) is 16.7 Å². The van der Waals surface area contributed by atoms with Gasteiger partial charge in [0.25, 0.3) is 0 Å². The first kappa shape index (κ1) is 13.4. The number of hydrogen-bond donors (Lipinski definition) is 0. The molecule has 0 aromatic rings. The van der Waals surface area contributed by atoms with Gasteiger partial charge in [-0.15, -0.1) is 0 Å². The van der Waals surface area contributed by atoms with Gasteiger partial charge in [-0.25, -0.2) is 0 Å². The summed E-state index contributed by atoms with van der Waals surface area (Å²) >= 11 is 0. The molecule has 2 heterocycles. The predicted octanol–water partition coefficient (Wildman–Crippen LogP) is 3.13. The fourth-order valence-electron chi connectivity index (χ4n) is 3.40. The van der Waals surface area contributed by atoms with Crippen LogP contribution in [0.1, 0.15) is 58.3 Å². The van der Waals surface area contributed by atoms with Crippen molar-refractivity contribution in [3.63, 3.8) is 0 Å². The van der Waals surface area contributed by atoms with E-state index in [1.165, 1.54) is 84.1 Å². The third-order valence-corrected chi connectivity index (χ3v) is 4.47. The van der Waals surface area contributed by atoms with Crippen molar-refractivity contribution >= 4 is 0 Å². The second-order valence-corrected chi connectivity index (χ2v) is 5.90. The predicted molar refractivity (Wildman–Crippen MR) is 74.4 cm³/mol. The topological polar surface area (TPSA) is 6.48 Å². The van der Waals surface area contributed by atoms with Crippen molar-refractivity contribution in [3.05, 3.63) is 0 Å². The van der Waals surface area contributed by atoms with Crippen LogP contribution >= 0.6 is 0 Å². The van der Waals surface area contributed by atoms with Crippen LogP contribution in [0.5, 0.6) is 0 Å². The Morgan fingerprint density at radius 3 is 2.53 bits per heavy atom. The number of nitrogens with zero attached hydrogens (tertiary/aromatic N) is 2. The minimum absolute atomic E-state index is 0.880. The minimum Gasteiger partial charge on any atom is -0.302 e. The molecule has 2 saturated heterocycles. The molecule has 0 N–H and O–H groups in total. The summed E-state index contributed by atoms with van der Waals surface area (Å²) in [6.45, 7) is 9.09. The molecule has 2 nitrogen and oxygen atoms in total. The highest BCUT2D eigenvalue weighted by Crippen LogP contribution is 2.20. The maximum Gasteiger partial charge on any atom is 0.0223 e. The largest absolute Gasteiger partial charge is 0.302 e. The molecule has 2 heteroatoms. The van der Waals surface area contributed by atoms with Crippen molar-refractivity contribution in [3.8, 4) is 0 Å². The molecule has 1 unspecified atom stereocenters. The van der Waals surface area contributed by atoms with Crippen LogP contribution in [0.15, 0.2) is 0 Å². The van der Waals surface area contributed by atoms with Crippen molar-refractivity contribution in [2.45, 2.75) is 64.3 Å². The number of piperidine rings is 1. The highest BCUT2D eigenvalue weighted by Gasteiger charge is 2.26. The Hall–Kier alpha value is -0.0800. The zero-order chi connectivity index (χ0) is 11.9. The summed E-state index contributed by atoms with van der Waals surface area (Å²) in [7, 11) is 0. The SMILES string of the molecule is CCCCCN1CCCC1CN1CCCCC1. The van der Waals surface area contributed by atoms with Crippen molar-refractivity contribution in [1.82, 2.24) is 9.80 Å². The minimum atomic E-state index is 0.880. The van der Waals surface area contributed by atoms with Crippen molar-refractivity contribution in [1.29, 1.82) is 0 Å². The molecule has 0 bridgehead atoms. The van der Waals surface area contributed by atoms with E-state index in [-0.39, 0.29) is 0 Å². The number of likely N-dealkylation sites (tertiary alicyclic amines) is 2. The van der Waals surface area contributed by atoms with Gasteiger partial charge in [0.1, 0.15) is 0 Å². The third kappa shape index (κ3) is 4.26. The second kappa shape index (κ2) is 7.38. The van der Waals surface area contributed by atoms with Crippen molar-refractivity contribution in [2.75, 3.05) is 32.7 Å². The van der Waals surface area contributed by atoms with Crippen LogP contribution in [0, 0.1) is 0 Å². The molecule has 2 fully saturated rings. The zero-order valence-electron chi connectivity index (χ0n) is 11.7. The van der Waals surface area contributed by atoms with E-state index in [0.717, 1.165) is 6.04 Å². The van der Waals surface area contributed by atoms with Crippen LogP contribution < -0.4 is 0 Å². The molecule has 100 valence electrons. The van der Waals surface area contributed by atoms with Gasteiger partial charge in [-0.2, -0.15) is 0 Å². The summed E-state index contributed by atoms with van der Waals surface area (Å²) < 4.78 is 0. The van der Waals surface area contributed by atoms with E-state index >= 15 is 0 Å². The van der Waals surface area contributed by atoms with E-state index in [1.54, 1.807) is 0 Å². The lowest BCUT2D eigenvalue weighted by molar-refractivity contribution is 0.152. The Morgan fingerprint density at radius 2 is 1.76 bits per heavy atom. The van der Waals surface area contributed by atoms with E-state index in [4.69, 9.17) is 0 Å². The maximum absolute atomic E-state index is 2.77. The molecule has 0 aliphatic carbocycles. The van der Waals surface area contributed by atoms with Crippen LogP contribution in [-0.4, -0.2) is 48.6 Å². The standard InChI is InChI=1S/C15H30N2/c1-2-3-5-12-17-13-8-9-15(17)14-16-10-6-4-7-11-16/h15H,2-14H2,1H3. The third-order valence-electron chi connectivity index (χ3n) is 4.47.